The largest absolute Gasteiger partial charge is 0.466 e. The van der Waals surface area contributed by atoms with Crippen LogP contribution in [0.1, 0.15) is 33.1 Å². The summed E-state index contributed by atoms with van der Waals surface area (Å²) in [6.45, 7) is 4.57. The molecule has 0 radical (unpaired) electrons. The highest BCUT2D eigenvalue weighted by Gasteiger charge is 2.05. The lowest BCUT2D eigenvalue weighted by Crippen LogP contribution is -2.09. The van der Waals surface area contributed by atoms with Crippen LogP contribution >= 0.6 is 15.9 Å². The Kier molecular flexibility index (Phi) is 6.62. The third kappa shape index (κ3) is 7.85. The lowest BCUT2D eigenvalue weighted by atomic mass is 10.3. The zero-order valence-electron chi connectivity index (χ0n) is 7.10. The Morgan fingerprint density at radius 2 is 2.27 bits per heavy atom. The minimum atomic E-state index is -0.108. The van der Waals surface area contributed by atoms with Crippen LogP contribution in [0.25, 0.3) is 0 Å². The Hall–Kier alpha value is -0.0500. The Labute approximate surface area is 76.4 Å². The first-order chi connectivity index (χ1) is 5.16. The van der Waals surface area contributed by atoms with Crippen LogP contribution in [0.2, 0.25) is 0 Å². The van der Waals surface area contributed by atoms with Crippen LogP contribution in [0.4, 0.5) is 0 Å². The summed E-state index contributed by atoms with van der Waals surface area (Å²) in [5.41, 5.74) is 0. The van der Waals surface area contributed by atoms with Gasteiger partial charge in [0.2, 0.25) is 0 Å². The van der Waals surface area contributed by atoms with Gasteiger partial charge in [-0.15, -0.1) is 0 Å². The second-order valence-corrected chi connectivity index (χ2v) is 4.12. The van der Waals surface area contributed by atoms with Crippen molar-refractivity contribution in [2.24, 2.45) is 0 Å². The van der Waals surface area contributed by atoms with Crippen LogP contribution in [0.3, 0.4) is 0 Å². The molecule has 3 heteroatoms. The van der Waals surface area contributed by atoms with Crippen molar-refractivity contribution < 1.29 is 9.53 Å². The monoisotopic (exact) mass is 222 g/mol. The van der Waals surface area contributed by atoms with E-state index in [1.54, 1.807) is 0 Å². The van der Waals surface area contributed by atoms with Crippen LogP contribution in [-0.2, 0) is 9.53 Å². The Morgan fingerprint density at radius 1 is 1.64 bits per heavy atom. The minimum Gasteiger partial charge on any atom is -0.466 e. The molecule has 1 atom stereocenters. The molecule has 0 aromatic heterocycles. The van der Waals surface area contributed by atoms with E-state index >= 15 is 0 Å². The molecule has 2 nitrogen and oxygen atoms in total. The third-order valence-corrected chi connectivity index (χ3v) is 1.53. The van der Waals surface area contributed by atoms with Crippen LogP contribution in [0.5, 0.6) is 0 Å². The Morgan fingerprint density at radius 3 is 2.73 bits per heavy atom. The fraction of sp³-hybridized carbons (Fsp3) is 0.875. The molecule has 0 saturated heterocycles. The van der Waals surface area contributed by atoms with E-state index in [4.69, 9.17) is 4.74 Å². The second-order valence-electron chi connectivity index (χ2n) is 2.56. The first kappa shape index (κ1) is 11.0. The van der Waals surface area contributed by atoms with Gasteiger partial charge in [-0.25, -0.2) is 0 Å². The molecule has 0 saturated carbocycles. The maximum atomic E-state index is 10.9. The molecule has 0 N–H and O–H groups in total. The highest BCUT2D eigenvalue weighted by atomic mass is 79.9. The number of carbonyl (C=O) groups excluding carboxylic acids is 1. The Bertz CT molecular complexity index is 113. The number of carbonyl (C=O) groups is 1. The van der Waals surface area contributed by atoms with Gasteiger partial charge >= 0.3 is 5.97 Å². The van der Waals surface area contributed by atoms with Crippen molar-refractivity contribution in [3.05, 3.63) is 0 Å². The van der Waals surface area contributed by atoms with Gasteiger partial charge in [0.15, 0.2) is 0 Å². The van der Waals surface area contributed by atoms with Crippen molar-refractivity contribution in [1.82, 2.24) is 0 Å². The molecular formula is C8H15BrO2. The van der Waals surface area contributed by atoms with Crippen LogP contribution in [-0.4, -0.2) is 17.4 Å². The summed E-state index contributed by atoms with van der Waals surface area (Å²) < 4.78 is 4.92. The van der Waals surface area contributed by atoms with E-state index in [-0.39, 0.29) is 10.8 Å². The molecule has 0 bridgehead atoms. The third-order valence-electron chi connectivity index (χ3n) is 1.21. The molecule has 0 aromatic rings. The Balaban J connectivity index is 3.23. The first-order valence-electron chi connectivity index (χ1n) is 3.96. The SMILES string of the molecule is CCCCOC(=O)CC(C)Br. The molecular weight excluding hydrogens is 208 g/mol. The lowest BCUT2D eigenvalue weighted by Gasteiger charge is -2.04. The molecule has 0 fully saturated rings. The fourth-order valence-corrected chi connectivity index (χ4v) is 0.883. The summed E-state index contributed by atoms with van der Waals surface area (Å²) in [4.78, 5) is 11.1. The van der Waals surface area contributed by atoms with Gasteiger partial charge in [-0.1, -0.05) is 36.2 Å². The van der Waals surface area contributed by atoms with Crippen molar-refractivity contribution >= 4 is 21.9 Å². The molecule has 0 aliphatic rings. The summed E-state index contributed by atoms with van der Waals surface area (Å²) >= 11 is 3.28. The maximum absolute atomic E-state index is 10.9. The molecule has 0 aliphatic carbocycles. The van der Waals surface area contributed by atoms with Crippen molar-refractivity contribution in [2.45, 2.75) is 37.9 Å². The van der Waals surface area contributed by atoms with Crippen molar-refractivity contribution in [1.29, 1.82) is 0 Å². The average Bonchev–Trinajstić information content (AvgIpc) is 1.86. The molecule has 0 aliphatic heterocycles. The zero-order valence-corrected chi connectivity index (χ0v) is 8.69. The van der Waals surface area contributed by atoms with Crippen LogP contribution in [0, 0.1) is 0 Å². The number of hydrogen-bond acceptors (Lipinski definition) is 2. The summed E-state index contributed by atoms with van der Waals surface area (Å²) in [6.07, 6.45) is 2.49. The van der Waals surface area contributed by atoms with Gasteiger partial charge in [-0.05, 0) is 6.42 Å². The van der Waals surface area contributed by atoms with Crippen molar-refractivity contribution in [2.75, 3.05) is 6.61 Å². The smallest absolute Gasteiger partial charge is 0.306 e. The van der Waals surface area contributed by atoms with Gasteiger partial charge in [-0.3, -0.25) is 4.79 Å². The molecule has 0 amide bonds. The van der Waals surface area contributed by atoms with Crippen molar-refractivity contribution in [3.63, 3.8) is 0 Å². The summed E-state index contributed by atoms with van der Waals surface area (Å²) in [5.74, 6) is -0.108. The van der Waals surface area contributed by atoms with E-state index in [1.165, 1.54) is 0 Å². The van der Waals surface area contributed by atoms with Gasteiger partial charge in [0, 0.05) is 4.83 Å². The number of halogens is 1. The van der Waals surface area contributed by atoms with E-state index in [2.05, 4.69) is 22.9 Å². The molecule has 0 heterocycles. The van der Waals surface area contributed by atoms with Gasteiger partial charge in [0.05, 0.1) is 13.0 Å². The van der Waals surface area contributed by atoms with E-state index in [0.717, 1.165) is 12.8 Å². The molecule has 66 valence electrons. The summed E-state index contributed by atoms with van der Waals surface area (Å²) in [5, 5.41) is 0. The maximum Gasteiger partial charge on any atom is 0.306 e. The standard InChI is InChI=1S/C8H15BrO2/c1-3-4-5-11-8(10)6-7(2)9/h7H,3-6H2,1-2H3. The average molecular weight is 223 g/mol. The number of hydrogen-bond donors (Lipinski definition) is 0. The second kappa shape index (κ2) is 6.65. The molecule has 0 spiro atoms. The fourth-order valence-electron chi connectivity index (χ4n) is 0.619. The molecule has 11 heavy (non-hydrogen) atoms. The minimum absolute atomic E-state index is 0.108. The number of ether oxygens (including phenoxy) is 1. The number of unbranched alkanes of at least 4 members (excludes halogenated alkanes) is 1. The highest BCUT2D eigenvalue weighted by Crippen LogP contribution is 2.04. The number of rotatable bonds is 5. The van der Waals surface area contributed by atoms with E-state index < -0.39 is 0 Å². The predicted molar refractivity (Wildman–Crippen MR) is 48.9 cm³/mol. The predicted octanol–water partition coefficient (Wildman–Crippen LogP) is 2.50. The zero-order chi connectivity index (χ0) is 8.69. The molecule has 0 rings (SSSR count). The van der Waals surface area contributed by atoms with Gasteiger partial charge in [0.25, 0.3) is 0 Å². The summed E-state index contributed by atoms with van der Waals surface area (Å²) in [7, 11) is 0. The van der Waals surface area contributed by atoms with Crippen LogP contribution in [0.15, 0.2) is 0 Å². The summed E-state index contributed by atoms with van der Waals surface area (Å²) in [6, 6.07) is 0. The molecule has 0 aromatic carbocycles. The topological polar surface area (TPSA) is 26.3 Å². The van der Waals surface area contributed by atoms with E-state index in [9.17, 15) is 4.79 Å². The van der Waals surface area contributed by atoms with Crippen LogP contribution < -0.4 is 0 Å². The number of alkyl halides is 1. The quantitative estimate of drug-likeness (QED) is 0.406. The normalized spacial score (nSPS) is 12.6. The van der Waals surface area contributed by atoms with E-state index in [0.29, 0.717) is 13.0 Å². The first-order valence-corrected chi connectivity index (χ1v) is 4.88. The lowest BCUT2D eigenvalue weighted by molar-refractivity contribution is -0.143. The van der Waals surface area contributed by atoms with Gasteiger partial charge in [-0.2, -0.15) is 0 Å². The highest BCUT2D eigenvalue weighted by molar-refractivity contribution is 9.09. The molecule has 1 unspecified atom stereocenters. The number of esters is 1. The van der Waals surface area contributed by atoms with Crippen molar-refractivity contribution in [3.8, 4) is 0 Å². The van der Waals surface area contributed by atoms with Gasteiger partial charge < -0.3 is 4.74 Å². The van der Waals surface area contributed by atoms with Gasteiger partial charge in [0.1, 0.15) is 0 Å². The van der Waals surface area contributed by atoms with E-state index in [1.807, 2.05) is 6.92 Å².